The average molecular weight is 349 g/mol. The molecule has 1 aromatic carbocycles. The van der Waals surface area contributed by atoms with Crippen LogP contribution in [0, 0.1) is 6.92 Å². The number of benzene rings is 1. The molecule has 7 nitrogen and oxygen atoms in total. The van der Waals surface area contributed by atoms with Crippen molar-refractivity contribution in [3.8, 4) is 0 Å². The largest absolute Gasteiger partial charge is 0.359 e. The lowest BCUT2D eigenvalue weighted by Gasteiger charge is -2.22. The number of likely N-dealkylation sites (tertiary alicyclic amines) is 1. The van der Waals surface area contributed by atoms with E-state index in [0.29, 0.717) is 18.1 Å². The van der Waals surface area contributed by atoms with Crippen molar-refractivity contribution < 1.29 is 9.32 Å². The number of hydrogen-bond acceptors (Lipinski definition) is 6. The first kappa shape index (κ1) is 16.3. The van der Waals surface area contributed by atoms with Crippen molar-refractivity contribution in [2.24, 2.45) is 0 Å². The summed E-state index contributed by atoms with van der Waals surface area (Å²) in [5, 5.41) is 7.04. The van der Waals surface area contributed by atoms with Gasteiger partial charge >= 0.3 is 0 Å². The van der Waals surface area contributed by atoms with E-state index in [-0.39, 0.29) is 11.9 Å². The highest BCUT2D eigenvalue weighted by molar-refractivity contribution is 5.94. The molecule has 7 heteroatoms. The van der Waals surface area contributed by atoms with Gasteiger partial charge in [-0.25, -0.2) is 9.97 Å². The van der Waals surface area contributed by atoms with E-state index in [2.05, 4.69) is 20.4 Å². The SMILES string of the molecule is Cc1cc([C@H]2CCCN2C(=O)c2cnc(Nc3ccccc3)nc2)on1. The summed E-state index contributed by atoms with van der Waals surface area (Å²) >= 11 is 0. The Bertz CT molecular complexity index is 892. The summed E-state index contributed by atoms with van der Waals surface area (Å²) in [6, 6.07) is 11.5. The van der Waals surface area contributed by atoms with Crippen LogP contribution in [0.2, 0.25) is 0 Å². The summed E-state index contributed by atoms with van der Waals surface area (Å²) in [6.45, 7) is 2.56. The van der Waals surface area contributed by atoms with Crippen LogP contribution in [0.15, 0.2) is 53.3 Å². The maximum absolute atomic E-state index is 12.9. The van der Waals surface area contributed by atoms with Crippen LogP contribution in [0.1, 0.15) is 40.7 Å². The molecule has 1 amide bonds. The molecule has 1 N–H and O–H groups in total. The number of hydrogen-bond donors (Lipinski definition) is 1. The van der Waals surface area contributed by atoms with E-state index >= 15 is 0 Å². The standard InChI is InChI=1S/C19H19N5O2/c1-13-10-17(26-23-13)16-8-5-9-24(16)18(25)14-11-20-19(21-12-14)22-15-6-3-2-4-7-15/h2-4,6-7,10-12,16H,5,8-9H2,1H3,(H,20,21,22)/t16-/m1/s1. The number of rotatable bonds is 4. The van der Waals surface area contributed by atoms with Crippen LogP contribution in [0.5, 0.6) is 0 Å². The van der Waals surface area contributed by atoms with Gasteiger partial charge in [0, 0.05) is 30.7 Å². The molecular weight excluding hydrogens is 330 g/mol. The van der Waals surface area contributed by atoms with Gasteiger partial charge in [-0.05, 0) is 31.9 Å². The number of carbonyl (C=O) groups is 1. The topological polar surface area (TPSA) is 84.2 Å². The Hall–Kier alpha value is -3.22. The number of para-hydroxylation sites is 1. The number of amides is 1. The fraction of sp³-hybridized carbons (Fsp3) is 0.263. The van der Waals surface area contributed by atoms with E-state index in [9.17, 15) is 4.79 Å². The normalized spacial score (nSPS) is 16.7. The van der Waals surface area contributed by atoms with Gasteiger partial charge in [0.1, 0.15) is 0 Å². The van der Waals surface area contributed by atoms with Crippen molar-refractivity contribution in [1.29, 1.82) is 0 Å². The maximum Gasteiger partial charge on any atom is 0.257 e. The minimum atomic E-state index is -0.0900. The van der Waals surface area contributed by atoms with Crippen molar-refractivity contribution >= 4 is 17.5 Å². The summed E-state index contributed by atoms with van der Waals surface area (Å²) in [4.78, 5) is 23.2. The Morgan fingerprint density at radius 1 is 1.23 bits per heavy atom. The molecule has 1 atom stereocenters. The summed E-state index contributed by atoms with van der Waals surface area (Å²) in [5.74, 6) is 1.10. The van der Waals surface area contributed by atoms with Gasteiger partial charge in [0.2, 0.25) is 5.95 Å². The average Bonchev–Trinajstić information content (AvgIpc) is 3.31. The predicted molar refractivity (Wildman–Crippen MR) is 96.0 cm³/mol. The van der Waals surface area contributed by atoms with Crippen LogP contribution in [-0.4, -0.2) is 32.5 Å². The number of nitrogens with one attached hydrogen (secondary N) is 1. The summed E-state index contributed by atoms with van der Waals surface area (Å²) in [7, 11) is 0. The van der Waals surface area contributed by atoms with Crippen molar-refractivity contribution in [3.63, 3.8) is 0 Å². The molecule has 0 saturated carbocycles. The fourth-order valence-electron chi connectivity index (χ4n) is 3.17. The first-order valence-corrected chi connectivity index (χ1v) is 8.59. The molecule has 26 heavy (non-hydrogen) atoms. The molecule has 1 aliphatic rings. The van der Waals surface area contributed by atoms with E-state index in [4.69, 9.17) is 4.52 Å². The van der Waals surface area contributed by atoms with Crippen molar-refractivity contribution in [2.45, 2.75) is 25.8 Å². The lowest BCUT2D eigenvalue weighted by Crippen LogP contribution is -2.30. The maximum atomic E-state index is 12.9. The second-order valence-electron chi connectivity index (χ2n) is 6.31. The number of anilines is 2. The zero-order valence-corrected chi connectivity index (χ0v) is 14.4. The number of carbonyl (C=O) groups excluding carboxylic acids is 1. The van der Waals surface area contributed by atoms with E-state index in [1.807, 2.05) is 48.2 Å². The van der Waals surface area contributed by atoms with Crippen molar-refractivity contribution in [2.75, 3.05) is 11.9 Å². The van der Waals surface area contributed by atoms with Gasteiger partial charge in [0.05, 0.1) is 17.3 Å². The third kappa shape index (κ3) is 3.28. The van der Waals surface area contributed by atoms with Gasteiger partial charge in [-0.3, -0.25) is 4.79 Å². The van der Waals surface area contributed by atoms with Crippen LogP contribution in [0.4, 0.5) is 11.6 Å². The first-order chi connectivity index (χ1) is 12.7. The molecule has 4 rings (SSSR count). The van der Waals surface area contributed by atoms with Crippen LogP contribution in [-0.2, 0) is 0 Å². The summed E-state index contributed by atoms with van der Waals surface area (Å²) < 4.78 is 5.36. The monoisotopic (exact) mass is 349 g/mol. The molecule has 0 unspecified atom stereocenters. The molecule has 0 spiro atoms. The van der Waals surface area contributed by atoms with Crippen LogP contribution in [0.3, 0.4) is 0 Å². The zero-order chi connectivity index (χ0) is 17.9. The fourth-order valence-corrected chi connectivity index (χ4v) is 3.17. The van der Waals surface area contributed by atoms with Crippen molar-refractivity contribution in [3.05, 3.63) is 65.8 Å². The first-order valence-electron chi connectivity index (χ1n) is 8.59. The van der Waals surface area contributed by atoms with Crippen molar-refractivity contribution in [1.82, 2.24) is 20.0 Å². The molecule has 0 aliphatic carbocycles. The van der Waals surface area contributed by atoms with Gasteiger partial charge in [0.15, 0.2) is 5.76 Å². The molecule has 2 aromatic heterocycles. The lowest BCUT2D eigenvalue weighted by molar-refractivity contribution is 0.0713. The third-order valence-electron chi connectivity index (χ3n) is 4.42. The van der Waals surface area contributed by atoms with Crippen LogP contribution >= 0.6 is 0 Å². The number of nitrogens with zero attached hydrogens (tertiary/aromatic N) is 4. The minimum Gasteiger partial charge on any atom is -0.359 e. The quantitative estimate of drug-likeness (QED) is 0.776. The van der Waals surface area contributed by atoms with E-state index in [1.54, 1.807) is 12.4 Å². The highest BCUT2D eigenvalue weighted by Gasteiger charge is 2.33. The Labute approximate surface area is 151 Å². The molecule has 3 heterocycles. The van der Waals surface area contributed by atoms with E-state index in [1.165, 1.54) is 0 Å². The minimum absolute atomic E-state index is 0.0779. The Morgan fingerprint density at radius 3 is 2.69 bits per heavy atom. The summed E-state index contributed by atoms with van der Waals surface area (Å²) in [5.41, 5.74) is 2.18. The van der Waals surface area contributed by atoms with Crippen LogP contribution < -0.4 is 5.32 Å². The van der Waals surface area contributed by atoms with Gasteiger partial charge in [0.25, 0.3) is 5.91 Å². The number of aryl methyl sites for hydroxylation is 1. The predicted octanol–water partition coefficient (Wildman–Crippen LogP) is 3.49. The lowest BCUT2D eigenvalue weighted by atomic mass is 10.1. The molecule has 1 saturated heterocycles. The van der Waals surface area contributed by atoms with Gasteiger partial charge < -0.3 is 14.7 Å². The Morgan fingerprint density at radius 2 is 2.00 bits per heavy atom. The number of aromatic nitrogens is 3. The Balaban J connectivity index is 1.49. The third-order valence-corrected chi connectivity index (χ3v) is 4.42. The summed E-state index contributed by atoms with van der Waals surface area (Å²) in [6.07, 6.45) is 4.92. The highest BCUT2D eigenvalue weighted by Crippen LogP contribution is 2.33. The highest BCUT2D eigenvalue weighted by atomic mass is 16.5. The van der Waals surface area contributed by atoms with Gasteiger partial charge in [-0.15, -0.1) is 0 Å². The van der Waals surface area contributed by atoms with E-state index < -0.39 is 0 Å². The molecule has 1 fully saturated rings. The molecule has 0 radical (unpaired) electrons. The smallest absolute Gasteiger partial charge is 0.257 e. The second kappa shape index (κ2) is 6.95. The molecular formula is C19H19N5O2. The van der Waals surface area contributed by atoms with Crippen LogP contribution in [0.25, 0.3) is 0 Å². The van der Waals surface area contributed by atoms with Gasteiger partial charge in [-0.1, -0.05) is 23.4 Å². The molecule has 3 aromatic rings. The Kier molecular flexibility index (Phi) is 4.35. The second-order valence-corrected chi connectivity index (χ2v) is 6.31. The molecule has 1 aliphatic heterocycles. The zero-order valence-electron chi connectivity index (χ0n) is 14.4. The van der Waals surface area contributed by atoms with Gasteiger partial charge in [-0.2, -0.15) is 0 Å². The molecule has 0 bridgehead atoms. The molecule has 132 valence electrons. The van der Waals surface area contributed by atoms with E-state index in [0.717, 1.165) is 30.0 Å².